The SMILES string of the molecule is Cc1cccnc1CNc1snc(N)c1-c1cccnc1. The van der Waals surface area contributed by atoms with Crippen LogP contribution in [-0.4, -0.2) is 14.3 Å². The molecular formula is C15H15N5S. The molecule has 0 aliphatic carbocycles. The lowest BCUT2D eigenvalue weighted by Crippen LogP contribution is -2.03. The summed E-state index contributed by atoms with van der Waals surface area (Å²) < 4.78 is 4.24. The Morgan fingerprint density at radius 3 is 2.86 bits per heavy atom. The van der Waals surface area contributed by atoms with Gasteiger partial charge in [-0.15, -0.1) is 0 Å². The van der Waals surface area contributed by atoms with Crippen molar-refractivity contribution < 1.29 is 0 Å². The number of nitrogens with two attached hydrogens (primary N) is 1. The van der Waals surface area contributed by atoms with Crippen LogP contribution in [0.15, 0.2) is 42.9 Å². The number of nitrogens with zero attached hydrogens (tertiary/aromatic N) is 3. The van der Waals surface area contributed by atoms with E-state index in [2.05, 4.69) is 19.7 Å². The van der Waals surface area contributed by atoms with Crippen LogP contribution in [0.5, 0.6) is 0 Å². The number of nitrogens with one attached hydrogen (secondary N) is 1. The molecule has 0 fully saturated rings. The van der Waals surface area contributed by atoms with Crippen LogP contribution in [0.4, 0.5) is 10.8 Å². The van der Waals surface area contributed by atoms with Crippen LogP contribution in [-0.2, 0) is 6.54 Å². The maximum Gasteiger partial charge on any atom is 0.147 e. The number of aryl methyl sites for hydroxylation is 1. The van der Waals surface area contributed by atoms with Crippen LogP contribution in [0.2, 0.25) is 0 Å². The highest BCUT2D eigenvalue weighted by Crippen LogP contribution is 2.36. The van der Waals surface area contributed by atoms with Crippen molar-refractivity contribution >= 4 is 22.4 Å². The third-order valence-corrected chi connectivity index (χ3v) is 4.02. The Balaban J connectivity index is 1.86. The average molecular weight is 297 g/mol. The van der Waals surface area contributed by atoms with Gasteiger partial charge in [-0.2, -0.15) is 4.37 Å². The summed E-state index contributed by atoms with van der Waals surface area (Å²) in [6.45, 7) is 2.69. The highest BCUT2D eigenvalue weighted by atomic mass is 32.1. The zero-order valence-electron chi connectivity index (χ0n) is 11.6. The number of pyridine rings is 2. The van der Waals surface area contributed by atoms with E-state index in [4.69, 9.17) is 5.73 Å². The van der Waals surface area contributed by atoms with Crippen molar-refractivity contribution in [3.8, 4) is 11.1 Å². The van der Waals surface area contributed by atoms with Gasteiger partial charge in [-0.25, -0.2) is 0 Å². The molecule has 0 aliphatic rings. The first-order valence-corrected chi connectivity index (χ1v) is 7.33. The van der Waals surface area contributed by atoms with Crippen molar-refractivity contribution in [3.05, 3.63) is 54.1 Å². The molecule has 0 aromatic carbocycles. The van der Waals surface area contributed by atoms with E-state index in [9.17, 15) is 0 Å². The highest BCUT2D eigenvalue weighted by molar-refractivity contribution is 7.11. The van der Waals surface area contributed by atoms with Crippen LogP contribution >= 0.6 is 11.5 Å². The highest BCUT2D eigenvalue weighted by Gasteiger charge is 2.14. The van der Waals surface area contributed by atoms with Gasteiger partial charge in [0.15, 0.2) is 0 Å². The molecular weight excluding hydrogens is 282 g/mol. The lowest BCUT2D eigenvalue weighted by Gasteiger charge is -2.08. The molecule has 3 heterocycles. The van der Waals surface area contributed by atoms with Gasteiger partial charge in [0, 0.05) is 24.2 Å². The molecule has 3 N–H and O–H groups in total. The number of rotatable bonds is 4. The average Bonchev–Trinajstić information content (AvgIpc) is 2.88. The first-order chi connectivity index (χ1) is 10.3. The van der Waals surface area contributed by atoms with Crippen LogP contribution in [0.1, 0.15) is 11.3 Å². The lowest BCUT2D eigenvalue weighted by atomic mass is 10.1. The van der Waals surface area contributed by atoms with E-state index >= 15 is 0 Å². The van der Waals surface area contributed by atoms with Gasteiger partial charge in [-0.3, -0.25) is 9.97 Å². The lowest BCUT2D eigenvalue weighted by molar-refractivity contribution is 1.02. The number of hydrogen-bond acceptors (Lipinski definition) is 6. The molecule has 0 bridgehead atoms. The molecule has 3 aromatic rings. The van der Waals surface area contributed by atoms with Crippen molar-refractivity contribution in [2.75, 3.05) is 11.1 Å². The fourth-order valence-electron chi connectivity index (χ4n) is 2.08. The second kappa shape index (κ2) is 5.88. The molecule has 0 saturated carbocycles. The predicted molar refractivity (Wildman–Crippen MR) is 86.1 cm³/mol. The molecule has 5 nitrogen and oxygen atoms in total. The van der Waals surface area contributed by atoms with Gasteiger partial charge in [0.2, 0.25) is 0 Å². The van der Waals surface area contributed by atoms with E-state index in [1.165, 1.54) is 11.5 Å². The van der Waals surface area contributed by atoms with Crippen molar-refractivity contribution in [2.24, 2.45) is 0 Å². The number of hydrogen-bond donors (Lipinski definition) is 2. The fourth-order valence-corrected chi connectivity index (χ4v) is 2.81. The molecule has 0 saturated heterocycles. The standard InChI is InChI=1S/C15H15N5S/c1-10-4-2-7-18-12(10)9-19-15-13(14(16)20-21-15)11-5-3-6-17-8-11/h2-8,19H,9H2,1H3,(H2,16,20). The predicted octanol–water partition coefficient (Wildman–Crippen LogP) is 3.10. The topological polar surface area (TPSA) is 76.7 Å². The Morgan fingerprint density at radius 1 is 1.24 bits per heavy atom. The Morgan fingerprint density at radius 2 is 2.10 bits per heavy atom. The zero-order valence-corrected chi connectivity index (χ0v) is 12.4. The van der Waals surface area contributed by atoms with Crippen LogP contribution in [0.25, 0.3) is 11.1 Å². The molecule has 6 heteroatoms. The molecule has 0 amide bonds. The Bertz CT molecular complexity index is 739. The van der Waals surface area contributed by atoms with Gasteiger partial charge >= 0.3 is 0 Å². The molecule has 21 heavy (non-hydrogen) atoms. The van der Waals surface area contributed by atoms with Gasteiger partial charge < -0.3 is 11.1 Å². The summed E-state index contributed by atoms with van der Waals surface area (Å²) in [5.41, 5.74) is 10.0. The zero-order chi connectivity index (χ0) is 14.7. The first kappa shape index (κ1) is 13.5. The number of anilines is 2. The Hall–Kier alpha value is -2.47. The third kappa shape index (κ3) is 2.85. The van der Waals surface area contributed by atoms with Crippen LogP contribution in [0.3, 0.4) is 0 Å². The monoisotopic (exact) mass is 297 g/mol. The molecule has 0 aliphatic heterocycles. The molecule has 0 atom stereocenters. The van der Waals surface area contributed by atoms with Crippen molar-refractivity contribution in [1.29, 1.82) is 0 Å². The fraction of sp³-hybridized carbons (Fsp3) is 0.133. The minimum atomic E-state index is 0.522. The summed E-state index contributed by atoms with van der Waals surface area (Å²) in [6, 6.07) is 7.85. The quantitative estimate of drug-likeness (QED) is 0.774. The van der Waals surface area contributed by atoms with Crippen molar-refractivity contribution in [3.63, 3.8) is 0 Å². The largest absolute Gasteiger partial charge is 0.382 e. The van der Waals surface area contributed by atoms with Crippen molar-refractivity contribution in [1.82, 2.24) is 14.3 Å². The molecule has 106 valence electrons. The summed E-state index contributed by atoms with van der Waals surface area (Å²) in [5, 5.41) is 4.31. The summed E-state index contributed by atoms with van der Waals surface area (Å²) in [4.78, 5) is 8.52. The minimum absolute atomic E-state index is 0.522. The van der Waals surface area contributed by atoms with Gasteiger partial charge in [0.25, 0.3) is 0 Å². The normalized spacial score (nSPS) is 10.5. The summed E-state index contributed by atoms with van der Waals surface area (Å²) in [7, 11) is 0. The van der Waals surface area contributed by atoms with E-state index in [0.29, 0.717) is 12.4 Å². The van der Waals surface area contributed by atoms with Crippen LogP contribution in [0, 0.1) is 6.92 Å². The molecule has 0 spiro atoms. The molecule has 3 rings (SSSR count). The van der Waals surface area contributed by atoms with E-state index in [1.807, 2.05) is 31.2 Å². The number of nitrogen functional groups attached to an aromatic ring is 1. The Kier molecular flexibility index (Phi) is 3.79. The van der Waals surface area contributed by atoms with E-state index in [0.717, 1.165) is 27.4 Å². The summed E-state index contributed by atoms with van der Waals surface area (Å²) >= 11 is 1.35. The smallest absolute Gasteiger partial charge is 0.147 e. The molecule has 0 unspecified atom stereocenters. The number of aromatic nitrogens is 3. The van der Waals surface area contributed by atoms with Gasteiger partial charge in [-0.05, 0) is 36.2 Å². The minimum Gasteiger partial charge on any atom is -0.382 e. The maximum absolute atomic E-state index is 5.99. The van der Waals surface area contributed by atoms with E-state index < -0.39 is 0 Å². The van der Waals surface area contributed by atoms with Crippen LogP contribution < -0.4 is 11.1 Å². The second-order valence-corrected chi connectivity index (χ2v) is 5.41. The van der Waals surface area contributed by atoms with Gasteiger partial charge in [0.05, 0.1) is 17.8 Å². The van der Waals surface area contributed by atoms with E-state index in [-0.39, 0.29) is 0 Å². The molecule has 3 aromatic heterocycles. The van der Waals surface area contributed by atoms with E-state index in [1.54, 1.807) is 18.6 Å². The van der Waals surface area contributed by atoms with Crippen molar-refractivity contribution in [2.45, 2.75) is 13.5 Å². The maximum atomic E-state index is 5.99. The summed E-state index contributed by atoms with van der Waals surface area (Å²) in [5.74, 6) is 0.522. The molecule has 0 radical (unpaired) electrons. The Labute approximate surface area is 127 Å². The first-order valence-electron chi connectivity index (χ1n) is 6.55. The summed E-state index contributed by atoms with van der Waals surface area (Å²) in [6.07, 6.45) is 5.33. The third-order valence-electron chi connectivity index (χ3n) is 3.20. The van der Waals surface area contributed by atoms with Gasteiger partial charge in [0.1, 0.15) is 10.8 Å². The second-order valence-electron chi connectivity index (χ2n) is 4.63. The van der Waals surface area contributed by atoms with Gasteiger partial charge in [-0.1, -0.05) is 12.1 Å².